The Morgan fingerprint density at radius 2 is 1.72 bits per heavy atom. The maximum Gasteiger partial charge on any atom is 0.342 e. The van der Waals surface area contributed by atoms with Crippen LogP contribution in [0.1, 0.15) is 10.4 Å². The number of rotatable bonds is 7. The quantitative estimate of drug-likeness (QED) is 0.392. The van der Waals surface area contributed by atoms with E-state index >= 15 is 0 Å². The Labute approximate surface area is 205 Å². The molecule has 184 valence electrons. The summed E-state index contributed by atoms with van der Waals surface area (Å²) in [5.74, 6) is -0.925. The summed E-state index contributed by atoms with van der Waals surface area (Å²) >= 11 is 0. The van der Waals surface area contributed by atoms with Gasteiger partial charge in [0.15, 0.2) is 6.61 Å². The molecule has 4 rings (SSSR count). The lowest BCUT2D eigenvalue weighted by Crippen LogP contribution is -2.38. The Morgan fingerprint density at radius 3 is 2.44 bits per heavy atom. The molecule has 1 N–H and O–H groups in total. The van der Waals surface area contributed by atoms with Crippen LogP contribution >= 0.6 is 0 Å². The van der Waals surface area contributed by atoms with Crippen molar-refractivity contribution in [3.8, 4) is 22.7 Å². The van der Waals surface area contributed by atoms with Gasteiger partial charge in [-0.3, -0.25) is 18.7 Å². The number of carbonyl (C=O) groups excluding carboxylic acids is 2. The fourth-order valence-corrected chi connectivity index (χ4v) is 3.46. The smallest absolute Gasteiger partial charge is 0.342 e. The first-order valence-corrected chi connectivity index (χ1v) is 10.8. The molecular formula is C25H23N5O6. The summed E-state index contributed by atoms with van der Waals surface area (Å²) in [6, 6.07) is 17.4. The van der Waals surface area contributed by atoms with Gasteiger partial charge in [-0.05, 0) is 24.3 Å². The molecule has 0 aliphatic rings. The molecule has 0 fully saturated rings. The summed E-state index contributed by atoms with van der Waals surface area (Å²) in [4.78, 5) is 49.4. The van der Waals surface area contributed by atoms with Crippen LogP contribution in [0.25, 0.3) is 16.9 Å². The molecule has 2 heterocycles. The lowest BCUT2D eigenvalue weighted by molar-refractivity contribution is -0.119. The standard InChI is InChI=1S/C25H23N5O6/c1-28-20(13-22(32)29(2)25(28)34)26-21(31)15-36-24(33)19-14-30(17-9-5-4-6-10-17)27-23(19)16-8-7-11-18(12-16)35-3/h4-14H,15H2,1-3H3,(H,26,31). The first-order chi connectivity index (χ1) is 17.3. The van der Waals surface area contributed by atoms with Crippen molar-refractivity contribution in [2.24, 2.45) is 14.1 Å². The van der Waals surface area contributed by atoms with Crippen LogP contribution in [0.4, 0.5) is 5.82 Å². The molecule has 2 aromatic carbocycles. The second kappa shape index (κ2) is 10.1. The van der Waals surface area contributed by atoms with Crippen LogP contribution in [0.3, 0.4) is 0 Å². The molecule has 11 nitrogen and oxygen atoms in total. The maximum atomic E-state index is 13.0. The van der Waals surface area contributed by atoms with Crippen molar-refractivity contribution in [2.45, 2.75) is 0 Å². The Balaban J connectivity index is 1.58. The number of aromatic nitrogens is 4. The number of carbonyl (C=O) groups is 2. The van der Waals surface area contributed by atoms with Crippen LogP contribution in [0.2, 0.25) is 0 Å². The van der Waals surface area contributed by atoms with Gasteiger partial charge in [0.2, 0.25) is 0 Å². The average molecular weight is 489 g/mol. The van der Waals surface area contributed by atoms with Crippen molar-refractivity contribution >= 4 is 17.7 Å². The molecule has 0 unspecified atom stereocenters. The second-order valence-electron chi connectivity index (χ2n) is 7.80. The molecule has 36 heavy (non-hydrogen) atoms. The van der Waals surface area contributed by atoms with Crippen LogP contribution in [0, 0.1) is 0 Å². The zero-order valence-corrected chi connectivity index (χ0v) is 19.8. The van der Waals surface area contributed by atoms with Crippen molar-refractivity contribution in [1.29, 1.82) is 0 Å². The van der Waals surface area contributed by atoms with E-state index in [1.165, 1.54) is 27.4 Å². The third kappa shape index (κ3) is 4.94. The molecule has 0 radical (unpaired) electrons. The summed E-state index contributed by atoms with van der Waals surface area (Å²) in [6.07, 6.45) is 1.52. The summed E-state index contributed by atoms with van der Waals surface area (Å²) in [7, 11) is 4.27. The summed E-state index contributed by atoms with van der Waals surface area (Å²) in [6.45, 7) is -0.643. The zero-order valence-electron chi connectivity index (χ0n) is 19.8. The van der Waals surface area contributed by atoms with Crippen LogP contribution < -0.4 is 21.3 Å². The van der Waals surface area contributed by atoms with Gasteiger partial charge in [0, 0.05) is 31.9 Å². The van der Waals surface area contributed by atoms with Crippen LogP contribution in [-0.4, -0.2) is 44.5 Å². The first-order valence-electron chi connectivity index (χ1n) is 10.8. The third-order valence-electron chi connectivity index (χ3n) is 5.43. The minimum atomic E-state index is -0.775. The highest BCUT2D eigenvalue weighted by molar-refractivity contribution is 5.98. The van der Waals surface area contributed by atoms with Crippen molar-refractivity contribution in [2.75, 3.05) is 19.0 Å². The van der Waals surface area contributed by atoms with Crippen molar-refractivity contribution in [3.63, 3.8) is 0 Å². The molecule has 1 amide bonds. The SMILES string of the molecule is COc1cccc(-c2nn(-c3ccccc3)cc2C(=O)OCC(=O)Nc2cc(=O)n(C)c(=O)n2C)c1. The molecule has 0 atom stereocenters. The minimum Gasteiger partial charge on any atom is -0.497 e. The van der Waals surface area contributed by atoms with E-state index in [0.29, 0.717) is 17.0 Å². The Kier molecular flexibility index (Phi) is 6.81. The normalized spacial score (nSPS) is 10.6. The Morgan fingerprint density at radius 1 is 0.972 bits per heavy atom. The fourth-order valence-electron chi connectivity index (χ4n) is 3.46. The molecule has 11 heteroatoms. The number of anilines is 1. The summed E-state index contributed by atoms with van der Waals surface area (Å²) < 4.78 is 14.1. The largest absolute Gasteiger partial charge is 0.497 e. The van der Waals surface area contributed by atoms with E-state index in [1.54, 1.807) is 28.9 Å². The molecule has 0 bridgehead atoms. The number of amides is 1. The molecule has 0 aliphatic heterocycles. The number of nitrogens with one attached hydrogen (secondary N) is 1. The number of hydrogen-bond acceptors (Lipinski definition) is 7. The maximum absolute atomic E-state index is 13.0. The number of nitrogens with zero attached hydrogens (tertiary/aromatic N) is 4. The highest BCUT2D eigenvalue weighted by atomic mass is 16.5. The average Bonchev–Trinajstić information content (AvgIpc) is 3.35. The number of methoxy groups -OCH3 is 1. The van der Waals surface area contributed by atoms with Gasteiger partial charge in [0.05, 0.1) is 12.8 Å². The van der Waals surface area contributed by atoms with E-state index in [1.807, 2.05) is 30.3 Å². The lowest BCUT2D eigenvalue weighted by Gasteiger charge is -2.11. The number of benzene rings is 2. The third-order valence-corrected chi connectivity index (χ3v) is 5.43. The van der Waals surface area contributed by atoms with Crippen LogP contribution in [-0.2, 0) is 23.6 Å². The van der Waals surface area contributed by atoms with E-state index in [9.17, 15) is 19.2 Å². The molecule has 0 aliphatic carbocycles. The molecule has 0 saturated heterocycles. The lowest BCUT2D eigenvalue weighted by atomic mass is 10.1. The van der Waals surface area contributed by atoms with Gasteiger partial charge < -0.3 is 14.8 Å². The van der Waals surface area contributed by atoms with Gasteiger partial charge in [-0.15, -0.1) is 0 Å². The molecule has 0 saturated carbocycles. The molecule has 2 aromatic heterocycles. The van der Waals surface area contributed by atoms with Crippen molar-refractivity contribution in [1.82, 2.24) is 18.9 Å². The van der Waals surface area contributed by atoms with Gasteiger partial charge in [-0.2, -0.15) is 5.10 Å². The number of ether oxygens (including phenoxy) is 2. The van der Waals surface area contributed by atoms with Gasteiger partial charge >= 0.3 is 11.7 Å². The Bertz CT molecular complexity index is 1550. The summed E-state index contributed by atoms with van der Waals surface area (Å²) in [5, 5.41) is 6.98. The van der Waals surface area contributed by atoms with Crippen LogP contribution in [0.15, 0.2) is 76.4 Å². The zero-order chi connectivity index (χ0) is 25.8. The minimum absolute atomic E-state index is 0.0156. The number of esters is 1. The molecule has 4 aromatic rings. The van der Waals surface area contributed by atoms with Crippen molar-refractivity contribution < 1.29 is 19.1 Å². The van der Waals surface area contributed by atoms with E-state index in [4.69, 9.17) is 9.47 Å². The Hall–Kier alpha value is -4.93. The van der Waals surface area contributed by atoms with Gasteiger partial charge in [0.25, 0.3) is 11.5 Å². The fraction of sp³-hybridized carbons (Fsp3) is 0.160. The van der Waals surface area contributed by atoms with E-state index in [0.717, 1.165) is 20.9 Å². The van der Waals surface area contributed by atoms with Gasteiger partial charge in [-0.25, -0.2) is 14.3 Å². The predicted molar refractivity (Wildman–Crippen MR) is 131 cm³/mol. The van der Waals surface area contributed by atoms with E-state index < -0.39 is 29.7 Å². The van der Waals surface area contributed by atoms with Crippen LogP contribution in [0.5, 0.6) is 5.75 Å². The second-order valence-corrected chi connectivity index (χ2v) is 7.80. The number of hydrogen-bond donors (Lipinski definition) is 1. The van der Waals surface area contributed by atoms with Crippen molar-refractivity contribution in [3.05, 3.63) is 93.3 Å². The van der Waals surface area contributed by atoms with E-state index in [-0.39, 0.29) is 11.4 Å². The van der Waals surface area contributed by atoms with Gasteiger partial charge in [0.1, 0.15) is 22.8 Å². The monoisotopic (exact) mass is 489 g/mol. The van der Waals surface area contributed by atoms with E-state index in [2.05, 4.69) is 10.4 Å². The summed E-state index contributed by atoms with van der Waals surface area (Å²) in [5.41, 5.74) is 0.645. The predicted octanol–water partition coefficient (Wildman–Crippen LogP) is 1.74. The highest BCUT2D eigenvalue weighted by Gasteiger charge is 2.21. The topological polar surface area (TPSA) is 126 Å². The first kappa shape index (κ1) is 24.2. The molecular weight excluding hydrogens is 466 g/mol. The highest BCUT2D eigenvalue weighted by Crippen LogP contribution is 2.27. The van der Waals surface area contributed by atoms with Gasteiger partial charge in [-0.1, -0.05) is 30.3 Å². The molecule has 0 spiro atoms. The number of para-hydroxylation sites is 1.